The van der Waals surface area contributed by atoms with Crippen molar-refractivity contribution in [3.8, 4) is 6.01 Å². The average Bonchev–Trinajstić information content (AvgIpc) is 3.18. The van der Waals surface area contributed by atoms with Gasteiger partial charge in [-0.15, -0.1) is 0 Å². The quantitative estimate of drug-likeness (QED) is 0.711. The summed E-state index contributed by atoms with van der Waals surface area (Å²) in [6, 6.07) is 3.67. The molecule has 0 saturated carbocycles. The van der Waals surface area contributed by atoms with Crippen LogP contribution in [0.3, 0.4) is 0 Å². The lowest BCUT2D eigenvalue weighted by molar-refractivity contribution is -0.118. The molecule has 1 aromatic heterocycles. The minimum Gasteiger partial charge on any atom is -0.459 e. The summed E-state index contributed by atoms with van der Waals surface area (Å²) < 4.78 is 34.1. The fourth-order valence-electron chi connectivity index (χ4n) is 4.45. The molecule has 1 amide bonds. The van der Waals surface area contributed by atoms with Gasteiger partial charge >= 0.3 is 6.01 Å². The third kappa shape index (κ3) is 3.44. The Morgan fingerprint density at radius 2 is 1.80 bits per heavy atom. The third-order valence-electron chi connectivity index (χ3n) is 5.87. The standard InChI is InChI=1S/C20H21ClN4O4S/c21-15-10-22-20(23-11-15)29-16-2-1-6-24(12-16)30(27,28)17-8-13-3-4-18(26)25-7-5-14(9-17)19(13)25/h8-11,16H,1-7,12H2. The maximum atomic E-state index is 13.4. The van der Waals surface area contributed by atoms with Crippen molar-refractivity contribution in [2.45, 2.75) is 43.1 Å². The lowest BCUT2D eigenvalue weighted by Crippen LogP contribution is -2.44. The molecule has 1 atom stereocenters. The van der Waals surface area contributed by atoms with E-state index in [0.29, 0.717) is 48.7 Å². The number of sulfonamides is 1. The molecule has 10 heteroatoms. The smallest absolute Gasteiger partial charge is 0.316 e. The SMILES string of the molecule is O=C1CCc2cc(S(=O)(=O)N3CCCC(Oc4ncc(Cl)cn4)C3)cc3c2N1CC3. The molecule has 30 heavy (non-hydrogen) atoms. The first kappa shape index (κ1) is 19.7. The molecule has 158 valence electrons. The van der Waals surface area contributed by atoms with E-state index < -0.39 is 10.0 Å². The molecular formula is C20H21ClN4O4S. The molecule has 1 saturated heterocycles. The van der Waals surface area contributed by atoms with Crippen molar-refractivity contribution in [3.05, 3.63) is 40.7 Å². The van der Waals surface area contributed by atoms with Crippen molar-refractivity contribution >= 4 is 33.2 Å². The summed E-state index contributed by atoms with van der Waals surface area (Å²) in [5, 5.41) is 0.413. The van der Waals surface area contributed by atoms with Gasteiger partial charge in [-0.1, -0.05) is 11.6 Å². The van der Waals surface area contributed by atoms with Gasteiger partial charge in [-0.05, 0) is 48.9 Å². The summed E-state index contributed by atoms with van der Waals surface area (Å²) in [5.41, 5.74) is 2.81. The summed E-state index contributed by atoms with van der Waals surface area (Å²) >= 11 is 5.80. The predicted molar refractivity (Wildman–Crippen MR) is 110 cm³/mol. The highest BCUT2D eigenvalue weighted by Crippen LogP contribution is 2.39. The second-order valence-electron chi connectivity index (χ2n) is 7.81. The van der Waals surface area contributed by atoms with Gasteiger partial charge in [0.25, 0.3) is 0 Å². The number of carbonyl (C=O) groups excluding carboxylic acids is 1. The number of anilines is 1. The van der Waals surface area contributed by atoms with Gasteiger partial charge in [0.05, 0.1) is 34.5 Å². The first-order chi connectivity index (χ1) is 14.4. The fraction of sp³-hybridized carbons (Fsp3) is 0.450. The molecule has 1 fully saturated rings. The van der Waals surface area contributed by atoms with E-state index >= 15 is 0 Å². The highest BCUT2D eigenvalue weighted by atomic mass is 35.5. The highest BCUT2D eigenvalue weighted by Gasteiger charge is 2.36. The van der Waals surface area contributed by atoms with E-state index in [9.17, 15) is 13.2 Å². The molecule has 8 nitrogen and oxygen atoms in total. The van der Waals surface area contributed by atoms with Crippen LogP contribution in [0.4, 0.5) is 5.69 Å². The molecule has 1 aromatic carbocycles. The molecule has 3 aliphatic heterocycles. The fourth-order valence-corrected chi connectivity index (χ4v) is 6.16. The van der Waals surface area contributed by atoms with Crippen molar-refractivity contribution in [2.24, 2.45) is 0 Å². The number of piperidine rings is 1. The lowest BCUT2D eigenvalue weighted by atomic mass is 10.00. The van der Waals surface area contributed by atoms with Crippen LogP contribution in [-0.4, -0.2) is 54.3 Å². The van der Waals surface area contributed by atoms with Crippen molar-refractivity contribution in [1.82, 2.24) is 14.3 Å². The second kappa shape index (κ2) is 7.47. The van der Waals surface area contributed by atoms with Crippen LogP contribution in [0.5, 0.6) is 6.01 Å². The first-order valence-corrected chi connectivity index (χ1v) is 11.8. The van der Waals surface area contributed by atoms with Crippen LogP contribution in [0, 0.1) is 0 Å². The molecule has 5 rings (SSSR count). The van der Waals surface area contributed by atoms with Crippen molar-refractivity contribution < 1.29 is 17.9 Å². The van der Waals surface area contributed by atoms with Crippen molar-refractivity contribution in [2.75, 3.05) is 24.5 Å². The molecule has 0 aliphatic carbocycles. The average molecular weight is 449 g/mol. The van der Waals surface area contributed by atoms with Crippen LogP contribution in [-0.2, 0) is 27.7 Å². The Labute approximate surface area is 179 Å². The zero-order chi connectivity index (χ0) is 20.9. The van der Waals surface area contributed by atoms with Crippen LogP contribution < -0.4 is 9.64 Å². The molecule has 3 aliphatic rings. The van der Waals surface area contributed by atoms with E-state index in [2.05, 4.69) is 9.97 Å². The van der Waals surface area contributed by atoms with E-state index in [-0.39, 0.29) is 24.6 Å². The largest absolute Gasteiger partial charge is 0.459 e. The number of halogens is 1. The van der Waals surface area contributed by atoms with E-state index in [1.165, 1.54) is 16.7 Å². The van der Waals surface area contributed by atoms with Gasteiger partial charge in [0, 0.05) is 19.5 Å². The molecule has 0 bridgehead atoms. The summed E-state index contributed by atoms with van der Waals surface area (Å²) in [6.07, 6.45) is 5.70. The third-order valence-corrected chi connectivity index (χ3v) is 7.91. The van der Waals surface area contributed by atoms with Crippen molar-refractivity contribution in [1.29, 1.82) is 0 Å². The number of rotatable bonds is 4. The Morgan fingerprint density at radius 1 is 1.07 bits per heavy atom. The number of aryl methyl sites for hydroxylation is 1. The zero-order valence-electron chi connectivity index (χ0n) is 16.3. The zero-order valence-corrected chi connectivity index (χ0v) is 17.8. The van der Waals surface area contributed by atoms with Gasteiger partial charge in [0.1, 0.15) is 6.10 Å². The van der Waals surface area contributed by atoms with Gasteiger partial charge in [-0.3, -0.25) is 4.79 Å². The Balaban J connectivity index is 1.39. The molecule has 4 heterocycles. The summed E-state index contributed by atoms with van der Waals surface area (Å²) in [4.78, 5) is 22.3. The summed E-state index contributed by atoms with van der Waals surface area (Å²) in [5.74, 6) is 0.122. The normalized spacial score (nSPS) is 21.6. The van der Waals surface area contributed by atoms with Crippen LogP contribution in [0.1, 0.15) is 30.4 Å². The number of ether oxygens (including phenoxy) is 1. The maximum Gasteiger partial charge on any atom is 0.316 e. The Morgan fingerprint density at radius 3 is 2.57 bits per heavy atom. The number of carbonyl (C=O) groups is 1. The van der Waals surface area contributed by atoms with Gasteiger partial charge in [-0.25, -0.2) is 18.4 Å². The lowest BCUT2D eigenvalue weighted by Gasteiger charge is -2.32. The number of aromatic nitrogens is 2. The predicted octanol–water partition coefficient (Wildman–Crippen LogP) is 2.20. The van der Waals surface area contributed by atoms with Gasteiger partial charge in [0.2, 0.25) is 15.9 Å². The van der Waals surface area contributed by atoms with E-state index in [1.54, 1.807) is 17.0 Å². The topological polar surface area (TPSA) is 92.7 Å². The Kier molecular flexibility index (Phi) is 4.91. The molecule has 0 radical (unpaired) electrons. The summed E-state index contributed by atoms with van der Waals surface area (Å²) in [7, 11) is -3.67. The Hall–Kier alpha value is -2.23. The van der Waals surface area contributed by atoms with Crippen LogP contribution >= 0.6 is 11.6 Å². The monoisotopic (exact) mass is 448 g/mol. The minimum absolute atomic E-state index is 0.122. The minimum atomic E-state index is -3.67. The highest BCUT2D eigenvalue weighted by molar-refractivity contribution is 7.89. The van der Waals surface area contributed by atoms with E-state index in [4.69, 9.17) is 16.3 Å². The molecule has 0 spiro atoms. The number of hydrogen-bond acceptors (Lipinski definition) is 6. The maximum absolute atomic E-state index is 13.4. The van der Waals surface area contributed by atoms with Crippen LogP contribution in [0.15, 0.2) is 29.4 Å². The number of amides is 1. The molecular weight excluding hydrogens is 428 g/mol. The van der Waals surface area contributed by atoms with Crippen molar-refractivity contribution in [3.63, 3.8) is 0 Å². The van der Waals surface area contributed by atoms with Gasteiger partial charge < -0.3 is 9.64 Å². The number of nitrogens with zero attached hydrogens (tertiary/aromatic N) is 4. The number of hydrogen-bond donors (Lipinski definition) is 0. The number of benzene rings is 1. The van der Waals surface area contributed by atoms with Crippen LogP contribution in [0.2, 0.25) is 5.02 Å². The van der Waals surface area contributed by atoms with Crippen LogP contribution in [0.25, 0.3) is 0 Å². The van der Waals surface area contributed by atoms with E-state index in [0.717, 1.165) is 23.2 Å². The molecule has 0 N–H and O–H groups in total. The Bertz CT molecular complexity index is 1110. The molecule has 1 unspecified atom stereocenters. The first-order valence-electron chi connectivity index (χ1n) is 10.0. The van der Waals surface area contributed by atoms with E-state index in [1.807, 2.05) is 0 Å². The van der Waals surface area contributed by atoms with Gasteiger partial charge in [-0.2, -0.15) is 4.31 Å². The summed E-state index contributed by atoms with van der Waals surface area (Å²) in [6.45, 7) is 1.32. The molecule has 2 aromatic rings. The van der Waals surface area contributed by atoms with Gasteiger partial charge in [0.15, 0.2) is 0 Å². The second-order valence-corrected chi connectivity index (χ2v) is 10.2.